The van der Waals surface area contributed by atoms with E-state index < -0.39 is 47.9 Å². The molecule has 10 N–H and O–H groups in total. The number of amides is 3. The summed E-state index contributed by atoms with van der Waals surface area (Å²) in [5.74, 6) is -2.43. The second kappa shape index (κ2) is 18.4. The average molecular weight is 505 g/mol. The molecule has 0 bridgehead atoms. The average Bonchev–Trinajstić information content (AvgIpc) is 2.78. The number of hydrogen-bond donors (Lipinski definition) is 7. The van der Waals surface area contributed by atoms with Crippen LogP contribution in [0.2, 0.25) is 0 Å². The van der Waals surface area contributed by atoms with Crippen molar-refractivity contribution in [1.82, 2.24) is 16.0 Å². The van der Waals surface area contributed by atoms with Gasteiger partial charge in [-0.2, -0.15) is 11.8 Å². The van der Waals surface area contributed by atoms with Crippen molar-refractivity contribution in [1.29, 1.82) is 0 Å². The summed E-state index contributed by atoms with van der Waals surface area (Å²) >= 11 is 1.50. The molecular weight excluding hydrogens is 460 g/mol. The van der Waals surface area contributed by atoms with E-state index in [9.17, 15) is 24.3 Å². The van der Waals surface area contributed by atoms with Gasteiger partial charge < -0.3 is 38.3 Å². The summed E-state index contributed by atoms with van der Waals surface area (Å²) in [6.45, 7) is 4.34. The molecule has 0 radical (unpaired) electrons. The van der Waals surface area contributed by atoms with Gasteiger partial charge in [-0.15, -0.1) is 0 Å². The van der Waals surface area contributed by atoms with Crippen molar-refractivity contribution >= 4 is 35.5 Å². The molecule has 4 atom stereocenters. The first-order valence-electron chi connectivity index (χ1n) is 11.9. The van der Waals surface area contributed by atoms with E-state index in [1.54, 1.807) is 13.8 Å². The van der Waals surface area contributed by atoms with E-state index in [0.717, 1.165) is 6.42 Å². The predicted octanol–water partition coefficient (Wildman–Crippen LogP) is -0.480. The van der Waals surface area contributed by atoms with Crippen LogP contribution in [0.4, 0.5) is 0 Å². The highest BCUT2D eigenvalue weighted by molar-refractivity contribution is 7.98. The summed E-state index contributed by atoms with van der Waals surface area (Å²) in [5.41, 5.74) is 17.0. The van der Waals surface area contributed by atoms with Crippen LogP contribution >= 0.6 is 11.8 Å². The highest BCUT2D eigenvalue weighted by Gasteiger charge is 2.31. The van der Waals surface area contributed by atoms with Crippen LogP contribution < -0.4 is 33.2 Å². The molecule has 11 nitrogen and oxygen atoms in total. The fraction of sp³-hybridized carbons (Fsp3) is 0.818. The zero-order chi connectivity index (χ0) is 26.1. The Kier molecular flexibility index (Phi) is 17.4. The lowest BCUT2D eigenvalue weighted by Gasteiger charge is -2.26. The summed E-state index contributed by atoms with van der Waals surface area (Å²) in [6.07, 6.45) is 5.70. The van der Waals surface area contributed by atoms with Gasteiger partial charge in [0.05, 0.1) is 6.04 Å². The van der Waals surface area contributed by atoms with Crippen LogP contribution in [0, 0.1) is 5.92 Å². The Morgan fingerprint density at radius 2 is 1.29 bits per heavy atom. The summed E-state index contributed by atoms with van der Waals surface area (Å²) in [4.78, 5) is 49.9. The minimum absolute atomic E-state index is 0.311. The molecule has 3 amide bonds. The zero-order valence-electron chi connectivity index (χ0n) is 20.7. The Labute approximate surface area is 207 Å². The molecule has 0 aliphatic heterocycles. The number of carbonyl (C=O) groups excluding carboxylic acids is 3. The molecule has 0 spiro atoms. The molecule has 0 aromatic heterocycles. The summed E-state index contributed by atoms with van der Waals surface area (Å²) in [5, 5.41) is 17.3. The number of hydrogen-bond acceptors (Lipinski definition) is 8. The first-order chi connectivity index (χ1) is 16.1. The highest BCUT2D eigenvalue weighted by Crippen LogP contribution is 2.08. The molecule has 0 aliphatic rings. The third-order valence-corrected chi connectivity index (χ3v) is 6.00. The van der Waals surface area contributed by atoms with Gasteiger partial charge in [-0.1, -0.05) is 20.3 Å². The van der Waals surface area contributed by atoms with E-state index in [4.69, 9.17) is 17.2 Å². The fourth-order valence-electron chi connectivity index (χ4n) is 3.22. The smallest absolute Gasteiger partial charge is 0.326 e. The lowest BCUT2D eigenvalue weighted by Crippen LogP contribution is -2.57. The molecule has 12 heteroatoms. The molecule has 0 aliphatic carbocycles. The van der Waals surface area contributed by atoms with Gasteiger partial charge in [0.15, 0.2) is 0 Å². The van der Waals surface area contributed by atoms with E-state index in [1.165, 1.54) is 11.8 Å². The number of nitrogens with two attached hydrogens (primary N) is 3. The maximum Gasteiger partial charge on any atom is 0.326 e. The van der Waals surface area contributed by atoms with Gasteiger partial charge in [-0.05, 0) is 69.5 Å². The topological polar surface area (TPSA) is 203 Å². The Morgan fingerprint density at radius 3 is 1.79 bits per heavy atom. The van der Waals surface area contributed by atoms with Gasteiger partial charge in [-0.25, -0.2) is 4.79 Å². The minimum Gasteiger partial charge on any atom is -0.480 e. The summed E-state index contributed by atoms with van der Waals surface area (Å²) < 4.78 is 0. The van der Waals surface area contributed by atoms with E-state index in [0.29, 0.717) is 57.4 Å². The number of nitrogens with one attached hydrogen (secondary N) is 3. The van der Waals surface area contributed by atoms with Crippen LogP contribution in [0.15, 0.2) is 0 Å². The normalized spacial score (nSPS) is 14.7. The van der Waals surface area contributed by atoms with Crippen LogP contribution in [0.3, 0.4) is 0 Å². The first kappa shape index (κ1) is 32.1. The van der Waals surface area contributed by atoms with Crippen LogP contribution in [-0.2, 0) is 19.2 Å². The van der Waals surface area contributed by atoms with E-state index in [-0.39, 0.29) is 5.92 Å². The highest BCUT2D eigenvalue weighted by atomic mass is 32.2. The number of aliphatic carboxylic acids is 1. The number of thioether (sulfide) groups is 1. The Morgan fingerprint density at radius 1 is 0.794 bits per heavy atom. The second-order valence-corrected chi connectivity index (χ2v) is 9.63. The van der Waals surface area contributed by atoms with Gasteiger partial charge >= 0.3 is 5.97 Å². The van der Waals surface area contributed by atoms with Crippen molar-refractivity contribution in [2.45, 2.75) is 83.0 Å². The third kappa shape index (κ3) is 13.1. The molecule has 0 heterocycles. The van der Waals surface area contributed by atoms with Crippen molar-refractivity contribution in [3.63, 3.8) is 0 Å². The van der Waals surface area contributed by atoms with Crippen molar-refractivity contribution in [3.05, 3.63) is 0 Å². The molecule has 0 fully saturated rings. The molecule has 0 rings (SSSR count). The number of unbranched alkanes of at least 4 members (excludes halogenated alkanes) is 2. The monoisotopic (exact) mass is 504 g/mol. The lowest BCUT2D eigenvalue weighted by atomic mass is 10.0. The Bertz CT molecular complexity index is 637. The van der Waals surface area contributed by atoms with Crippen molar-refractivity contribution in [2.75, 3.05) is 25.1 Å². The maximum atomic E-state index is 13.1. The number of carboxylic acids is 1. The molecule has 198 valence electrons. The van der Waals surface area contributed by atoms with Crippen LogP contribution in [-0.4, -0.2) is 78.1 Å². The standard InChI is InChI=1S/C22H44N6O5S/c1-14(2)18(22(32)33)28-21(31)17(10-13-34-3)27-20(30)16(9-5-7-12-24)26-19(29)15(25)8-4-6-11-23/h14-18H,4-13,23-25H2,1-3H3,(H,26,29)(H,27,30)(H,28,31)(H,32,33). The van der Waals surface area contributed by atoms with Gasteiger partial charge in [-0.3, -0.25) is 14.4 Å². The zero-order valence-corrected chi connectivity index (χ0v) is 21.5. The van der Waals surface area contributed by atoms with Gasteiger partial charge in [0.25, 0.3) is 0 Å². The molecule has 0 saturated carbocycles. The van der Waals surface area contributed by atoms with Crippen LogP contribution in [0.25, 0.3) is 0 Å². The number of rotatable bonds is 19. The SMILES string of the molecule is CSCCC(NC(=O)C(CCCCN)NC(=O)C(N)CCCCN)C(=O)NC(C(=O)O)C(C)C. The maximum absolute atomic E-state index is 13.1. The third-order valence-electron chi connectivity index (χ3n) is 5.36. The first-order valence-corrected chi connectivity index (χ1v) is 13.3. The van der Waals surface area contributed by atoms with Gasteiger partial charge in [0.2, 0.25) is 17.7 Å². The van der Waals surface area contributed by atoms with Crippen molar-refractivity contribution < 1.29 is 24.3 Å². The molecule has 0 aromatic rings. The van der Waals surface area contributed by atoms with E-state index in [1.807, 2.05) is 6.26 Å². The van der Waals surface area contributed by atoms with Crippen molar-refractivity contribution in [3.8, 4) is 0 Å². The molecule has 4 unspecified atom stereocenters. The molecule has 0 aromatic carbocycles. The largest absolute Gasteiger partial charge is 0.480 e. The number of carboxylic acid groups (broad SMARTS) is 1. The van der Waals surface area contributed by atoms with Crippen LogP contribution in [0.1, 0.15) is 58.8 Å². The number of carbonyl (C=O) groups is 4. The Hall–Kier alpha value is -1.89. The molecule has 0 saturated heterocycles. The van der Waals surface area contributed by atoms with Crippen LogP contribution in [0.5, 0.6) is 0 Å². The van der Waals surface area contributed by atoms with E-state index >= 15 is 0 Å². The lowest BCUT2D eigenvalue weighted by molar-refractivity contribution is -0.143. The molecular formula is C22H44N6O5S. The predicted molar refractivity (Wildman–Crippen MR) is 135 cm³/mol. The van der Waals surface area contributed by atoms with E-state index in [2.05, 4.69) is 16.0 Å². The van der Waals surface area contributed by atoms with Gasteiger partial charge in [0, 0.05) is 0 Å². The minimum atomic E-state index is -1.14. The fourth-order valence-corrected chi connectivity index (χ4v) is 3.70. The second-order valence-electron chi connectivity index (χ2n) is 8.65. The van der Waals surface area contributed by atoms with Gasteiger partial charge in [0.1, 0.15) is 18.1 Å². The molecule has 34 heavy (non-hydrogen) atoms. The quantitative estimate of drug-likeness (QED) is 0.113. The summed E-state index contributed by atoms with van der Waals surface area (Å²) in [6, 6.07) is -3.67. The van der Waals surface area contributed by atoms with Crippen molar-refractivity contribution in [2.24, 2.45) is 23.1 Å². The Balaban J connectivity index is 5.38. The summed E-state index contributed by atoms with van der Waals surface area (Å²) in [7, 11) is 0.